The molecule has 0 spiro atoms. The normalized spacial score (nSPS) is 10.4. The number of hydrogen-bond acceptors (Lipinski definition) is 3. The molecule has 0 fully saturated rings. The molecule has 0 atom stereocenters. The van der Waals surface area contributed by atoms with Crippen molar-refractivity contribution in [2.75, 3.05) is 5.73 Å². The monoisotopic (exact) mass is 154 g/mol. The van der Waals surface area contributed by atoms with Crippen LogP contribution in [0, 0.1) is 0 Å². The molecule has 62 valence electrons. The van der Waals surface area contributed by atoms with Crippen molar-refractivity contribution in [2.45, 2.75) is 33.2 Å². The summed E-state index contributed by atoms with van der Waals surface area (Å²) in [6.07, 6.45) is 1.96. The lowest BCUT2D eigenvalue weighted by molar-refractivity contribution is 0.574. The summed E-state index contributed by atoms with van der Waals surface area (Å²) in [4.78, 5) is 4.08. The fourth-order valence-corrected chi connectivity index (χ4v) is 1.05. The highest BCUT2D eigenvalue weighted by atomic mass is 15.4. The quantitative estimate of drug-likeness (QED) is 0.701. The van der Waals surface area contributed by atoms with Gasteiger partial charge in [0.1, 0.15) is 5.82 Å². The molecule has 0 aliphatic rings. The molecule has 4 heteroatoms. The third-order valence-electron chi connectivity index (χ3n) is 1.52. The van der Waals surface area contributed by atoms with Crippen molar-refractivity contribution in [1.29, 1.82) is 0 Å². The smallest absolute Gasteiger partial charge is 0.239 e. The van der Waals surface area contributed by atoms with Crippen LogP contribution in [0.5, 0.6) is 0 Å². The average Bonchev–Trinajstić information content (AvgIpc) is 2.32. The van der Waals surface area contributed by atoms with E-state index < -0.39 is 0 Å². The van der Waals surface area contributed by atoms with Crippen LogP contribution in [0.25, 0.3) is 0 Å². The number of rotatable bonds is 3. The van der Waals surface area contributed by atoms with Crippen LogP contribution in [-0.4, -0.2) is 14.8 Å². The van der Waals surface area contributed by atoms with Gasteiger partial charge in [0.2, 0.25) is 5.95 Å². The number of anilines is 1. The molecule has 0 bridgehead atoms. The zero-order valence-corrected chi connectivity index (χ0v) is 7.04. The Morgan fingerprint density at radius 2 is 2.18 bits per heavy atom. The molecule has 2 N–H and O–H groups in total. The minimum atomic E-state index is 0.385. The third-order valence-corrected chi connectivity index (χ3v) is 1.52. The van der Waals surface area contributed by atoms with E-state index in [0.717, 1.165) is 25.2 Å². The molecule has 1 rings (SSSR count). The van der Waals surface area contributed by atoms with Gasteiger partial charge in [0, 0.05) is 13.0 Å². The van der Waals surface area contributed by atoms with Crippen molar-refractivity contribution in [3.63, 3.8) is 0 Å². The highest BCUT2D eigenvalue weighted by molar-refractivity contribution is 5.13. The second-order valence-corrected chi connectivity index (χ2v) is 2.46. The Kier molecular flexibility index (Phi) is 2.46. The highest BCUT2D eigenvalue weighted by Gasteiger charge is 2.03. The van der Waals surface area contributed by atoms with Gasteiger partial charge in [0.05, 0.1) is 0 Å². The van der Waals surface area contributed by atoms with Crippen LogP contribution in [0.3, 0.4) is 0 Å². The number of hydrogen-bond donors (Lipinski definition) is 1. The maximum atomic E-state index is 5.44. The summed E-state index contributed by atoms with van der Waals surface area (Å²) >= 11 is 0. The van der Waals surface area contributed by atoms with Gasteiger partial charge in [-0.1, -0.05) is 13.8 Å². The summed E-state index contributed by atoms with van der Waals surface area (Å²) in [6, 6.07) is 0. The highest BCUT2D eigenvalue weighted by Crippen LogP contribution is 2.01. The molecule has 1 aromatic rings. The van der Waals surface area contributed by atoms with Crippen LogP contribution in [0.4, 0.5) is 5.95 Å². The Morgan fingerprint density at radius 3 is 2.73 bits per heavy atom. The van der Waals surface area contributed by atoms with Gasteiger partial charge in [-0.15, -0.1) is 5.10 Å². The SMILES string of the molecule is CCCn1nc(N)nc1CC. The first-order chi connectivity index (χ1) is 5.27. The summed E-state index contributed by atoms with van der Waals surface area (Å²) in [7, 11) is 0. The van der Waals surface area contributed by atoms with Gasteiger partial charge in [-0.25, -0.2) is 4.68 Å². The predicted molar refractivity (Wildman–Crippen MR) is 44.1 cm³/mol. The maximum Gasteiger partial charge on any atom is 0.239 e. The molecule has 0 saturated carbocycles. The van der Waals surface area contributed by atoms with E-state index in [0.29, 0.717) is 5.95 Å². The lowest BCUT2D eigenvalue weighted by Crippen LogP contribution is -2.04. The number of nitrogens with zero attached hydrogens (tertiary/aromatic N) is 3. The van der Waals surface area contributed by atoms with Crippen LogP contribution in [0.1, 0.15) is 26.1 Å². The fourth-order valence-electron chi connectivity index (χ4n) is 1.05. The largest absolute Gasteiger partial charge is 0.366 e. The molecule has 0 radical (unpaired) electrons. The van der Waals surface area contributed by atoms with Crippen LogP contribution in [0.2, 0.25) is 0 Å². The van der Waals surface area contributed by atoms with E-state index in [1.165, 1.54) is 0 Å². The fraction of sp³-hybridized carbons (Fsp3) is 0.714. The van der Waals surface area contributed by atoms with Crippen molar-refractivity contribution in [3.05, 3.63) is 5.82 Å². The minimum absolute atomic E-state index is 0.385. The van der Waals surface area contributed by atoms with Crippen molar-refractivity contribution in [2.24, 2.45) is 0 Å². The first-order valence-electron chi connectivity index (χ1n) is 3.97. The van der Waals surface area contributed by atoms with Crippen molar-refractivity contribution in [1.82, 2.24) is 14.8 Å². The first-order valence-corrected chi connectivity index (χ1v) is 3.97. The molecular formula is C7H14N4. The molecule has 0 saturated heterocycles. The van der Waals surface area contributed by atoms with Crippen molar-refractivity contribution in [3.8, 4) is 0 Å². The van der Waals surface area contributed by atoms with Gasteiger partial charge in [-0.2, -0.15) is 4.98 Å². The van der Waals surface area contributed by atoms with Crippen molar-refractivity contribution >= 4 is 5.95 Å². The van der Waals surface area contributed by atoms with E-state index >= 15 is 0 Å². The standard InChI is InChI=1S/C7H14N4/c1-3-5-11-6(4-2)9-7(8)10-11/h3-5H2,1-2H3,(H2,8,10). The van der Waals surface area contributed by atoms with E-state index in [4.69, 9.17) is 5.73 Å². The molecule has 0 aromatic carbocycles. The van der Waals surface area contributed by atoms with Gasteiger partial charge < -0.3 is 5.73 Å². The van der Waals surface area contributed by atoms with E-state index in [1.807, 2.05) is 4.68 Å². The molecule has 1 heterocycles. The van der Waals surface area contributed by atoms with Crippen LogP contribution in [0.15, 0.2) is 0 Å². The third kappa shape index (κ3) is 1.69. The van der Waals surface area contributed by atoms with Gasteiger partial charge in [-0.3, -0.25) is 0 Å². The molecule has 0 amide bonds. The Hall–Kier alpha value is -1.06. The summed E-state index contributed by atoms with van der Waals surface area (Å²) < 4.78 is 1.87. The summed E-state index contributed by atoms with van der Waals surface area (Å²) in [6.45, 7) is 5.07. The number of aromatic nitrogens is 3. The number of aryl methyl sites for hydroxylation is 2. The number of nitrogens with two attached hydrogens (primary N) is 1. The molecule has 0 unspecified atom stereocenters. The van der Waals surface area contributed by atoms with E-state index in [1.54, 1.807) is 0 Å². The lowest BCUT2D eigenvalue weighted by atomic mass is 10.4. The minimum Gasteiger partial charge on any atom is -0.366 e. The van der Waals surface area contributed by atoms with Crippen LogP contribution in [-0.2, 0) is 13.0 Å². The van der Waals surface area contributed by atoms with Gasteiger partial charge in [0.25, 0.3) is 0 Å². The summed E-state index contributed by atoms with van der Waals surface area (Å²) in [5.74, 6) is 1.36. The Balaban J connectivity index is 2.83. The summed E-state index contributed by atoms with van der Waals surface area (Å²) in [5, 5.41) is 4.05. The molecule has 11 heavy (non-hydrogen) atoms. The van der Waals surface area contributed by atoms with E-state index in [9.17, 15) is 0 Å². The van der Waals surface area contributed by atoms with Gasteiger partial charge in [0.15, 0.2) is 0 Å². The molecule has 1 aromatic heterocycles. The average molecular weight is 154 g/mol. The maximum absolute atomic E-state index is 5.44. The summed E-state index contributed by atoms with van der Waals surface area (Å²) in [5.41, 5.74) is 5.44. The first kappa shape index (κ1) is 8.04. The van der Waals surface area contributed by atoms with Crippen LogP contribution < -0.4 is 5.73 Å². The topological polar surface area (TPSA) is 56.7 Å². The van der Waals surface area contributed by atoms with Gasteiger partial charge in [-0.05, 0) is 6.42 Å². The number of nitrogen functional groups attached to an aromatic ring is 1. The predicted octanol–water partition coefficient (Wildman–Crippen LogP) is 0.833. The zero-order valence-electron chi connectivity index (χ0n) is 7.04. The molecular weight excluding hydrogens is 140 g/mol. The molecule has 0 aliphatic heterocycles. The lowest BCUT2D eigenvalue weighted by Gasteiger charge is -1.99. The molecule has 0 aliphatic carbocycles. The van der Waals surface area contributed by atoms with Gasteiger partial charge >= 0.3 is 0 Å². The zero-order chi connectivity index (χ0) is 8.27. The molecule has 4 nitrogen and oxygen atoms in total. The van der Waals surface area contributed by atoms with E-state index in [2.05, 4.69) is 23.9 Å². The second-order valence-electron chi connectivity index (χ2n) is 2.46. The van der Waals surface area contributed by atoms with Crippen molar-refractivity contribution < 1.29 is 0 Å². The Bertz CT molecular complexity index is 228. The Labute approximate surface area is 66.4 Å². The second kappa shape index (κ2) is 3.37. The van der Waals surface area contributed by atoms with Crippen LogP contribution >= 0.6 is 0 Å². The van der Waals surface area contributed by atoms with E-state index in [-0.39, 0.29) is 0 Å². The Morgan fingerprint density at radius 1 is 1.45 bits per heavy atom.